The summed E-state index contributed by atoms with van der Waals surface area (Å²) in [6.07, 6.45) is 2.31. The van der Waals surface area contributed by atoms with Crippen LogP contribution in [-0.2, 0) is 29.7 Å². The van der Waals surface area contributed by atoms with Gasteiger partial charge >= 0.3 is 0 Å². The van der Waals surface area contributed by atoms with Crippen molar-refractivity contribution in [2.45, 2.75) is 19.5 Å². The first kappa shape index (κ1) is 20.3. The van der Waals surface area contributed by atoms with Crippen LogP contribution >= 0.6 is 0 Å². The smallest absolute Gasteiger partial charge is 0.274 e. The molecule has 9 nitrogen and oxygen atoms in total. The van der Waals surface area contributed by atoms with Crippen LogP contribution < -0.4 is 24.2 Å². The van der Waals surface area contributed by atoms with Gasteiger partial charge in [-0.15, -0.1) is 0 Å². The van der Waals surface area contributed by atoms with Gasteiger partial charge in [-0.05, 0) is 29.2 Å². The molecule has 0 spiro atoms. The van der Waals surface area contributed by atoms with Crippen LogP contribution in [0.5, 0.6) is 11.5 Å². The number of hydrogen-bond donors (Lipinski definition) is 2. The SMILES string of the molecule is COc1cc2ncnc(N3CCc4c(CNS(N)(=O)=O)cccc4C3)c2cc1OC. The summed E-state index contributed by atoms with van der Waals surface area (Å²) in [7, 11) is -0.547. The molecular weight excluding hydrogens is 406 g/mol. The van der Waals surface area contributed by atoms with Crippen molar-refractivity contribution >= 4 is 26.9 Å². The fourth-order valence-electron chi connectivity index (χ4n) is 3.83. The molecule has 0 bridgehead atoms. The van der Waals surface area contributed by atoms with Gasteiger partial charge < -0.3 is 14.4 Å². The first-order chi connectivity index (χ1) is 14.4. The van der Waals surface area contributed by atoms with Crippen LogP contribution in [0, 0.1) is 0 Å². The van der Waals surface area contributed by atoms with E-state index >= 15 is 0 Å². The lowest BCUT2D eigenvalue weighted by molar-refractivity contribution is 0.356. The van der Waals surface area contributed by atoms with E-state index in [-0.39, 0.29) is 6.54 Å². The van der Waals surface area contributed by atoms with Crippen LogP contribution in [-0.4, -0.2) is 39.2 Å². The van der Waals surface area contributed by atoms with Gasteiger partial charge in [-0.3, -0.25) is 0 Å². The van der Waals surface area contributed by atoms with Crippen LogP contribution in [0.2, 0.25) is 0 Å². The van der Waals surface area contributed by atoms with E-state index in [1.807, 2.05) is 24.3 Å². The molecule has 0 unspecified atom stereocenters. The molecule has 0 amide bonds. The van der Waals surface area contributed by atoms with E-state index in [2.05, 4.69) is 25.7 Å². The fourth-order valence-corrected chi connectivity index (χ4v) is 4.19. The van der Waals surface area contributed by atoms with Gasteiger partial charge in [0.15, 0.2) is 11.5 Å². The Kier molecular flexibility index (Phi) is 5.46. The highest BCUT2D eigenvalue weighted by Crippen LogP contribution is 2.36. The van der Waals surface area contributed by atoms with E-state index in [1.54, 1.807) is 20.5 Å². The minimum Gasteiger partial charge on any atom is -0.493 e. The third-order valence-electron chi connectivity index (χ3n) is 5.25. The summed E-state index contributed by atoms with van der Waals surface area (Å²) in [6, 6.07) is 9.63. The van der Waals surface area contributed by atoms with Crippen molar-refractivity contribution in [1.82, 2.24) is 14.7 Å². The predicted octanol–water partition coefficient (Wildman–Crippen LogP) is 1.50. The van der Waals surface area contributed by atoms with Gasteiger partial charge in [0.2, 0.25) is 0 Å². The van der Waals surface area contributed by atoms with Gasteiger partial charge in [0, 0.05) is 31.1 Å². The summed E-state index contributed by atoms with van der Waals surface area (Å²) in [5, 5.41) is 5.95. The Bertz CT molecular complexity index is 1200. The topological polar surface area (TPSA) is 120 Å². The molecule has 0 fully saturated rings. The number of nitrogens with zero attached hydrogens (tertiary/aromatic N) is 3. The zero-order chi connectivity index (χ0) is 21.3. The molecule has 30 heavy (non-hydrogen) atoms. The summed E-state index contributed by atoms with van der Waals surface area (Å²) in [6.45, 7) is 1.56. The quantitative estimate of drug-likeness (QED) is 0.609. The highest BCUT2D eigenvalue weighted by atomic mass is 32.2. The van der Waals surface area contributed by atoms with Gasteiger partial charge in [0.1, 0.15) is 12.1 Å². The first-order valence-corrected chi connectivity index (χ1v) is 10.9. The van der Waals surface area contributed by atoms with Crippen molar-refractivity contribution in [2.75, 3.05) is 25.7 Å². The molecule has 0 aliphatic carbocycles. The maximum atomic E-state index is 11.3. The number of rotatable bonds is 6. The number of ether oxygens (including phenoxy) is 2. The van der Waals surface area contributed by atoms with Gasteiger partial charge in [-0.25, -0.2) is 15.1 Å². The number of nitrogens with one attached hydrogen (secondary N) is 1. The molecule has 0 saturated heterocycles. The van der Waals surface area contributed by atoms with E-state index in [0.29, 0.717) is 18.0 Å². The molecule has 3 N–H and O–H groups in total. The van der Waals surface area contributed by atoms with Gasteiger partial charge in [-0.1, -0.05) is 18.2 Å². The first-order valence-electron chi connectivity index (χ1n) is 9.38. The third-order valence-corrected chi connectivity index (χ3v) is 5.79. The Morgan fingerprint density at radius 2 is 1.93 bits per heavy atom. The summed E-state index contributed by atoms with van der Waals surface area (Å²) in [4.78, 5) is 11.1. The highest BCUT2D eigenvalue weighted by molar-refractivity contribution is 7.87. The standard InChI is InChI=1S/C20H23N5O4S/c1-28-18-8-16-17(9-19(18)29-2)22-12-23-20(16)25-7-6-15-13(10-24-30(21,26)27)4-3-5-14(15)11-25/h3-5,8-9,12,24H,6-7,10-11H2,1-2H3,(H2,21,26,27). The normalized spacial score (nSPS) is 13.9. The molecule has 0 radical (unpaired) electrons. The maximum absolute atomic E-state index is 11.3. The zero-order valence-corrected chi connectivity index (χ0v) is 17.6. The average molecular weight is 430 g/mol. The summed E-state index contributed by atoms with van der Waals surface area (Å²) in [5.41, 5.74) is 3.97. The van der Waals surface area contributed by atoms with Crippen molar-refractivity contribution in [1.29, 1.82) is 0 Å². The Balaban J connectivity index is 1.68. The molecule has 2 aromatic carbocycles. The van der Waals surface area contributed by atoms with Crippen LogP contribution in [0.15, 0.2) is 36.7 Å². The monoisotopic (exact) mass is 429 g/mol. The van der Waals surface area contributed by atoms with Crippen molar-refractivity contribution in [3.05, 3.63) is 53.3 Å². The van der Waals surface area contributed by atoms with E-state index in [0.717, 1.165) is 46.4 Å². The molecule has 158 valence electrons. The second-order valence-electron chi connectivity index (χ2n) is 7.01. The number of benzene rings is 2. The Hall–Kier alpha value is -2.95. The summed E-state index contributed by atoms with van der Waals surface area (Å²) >= 11 is 0. The molecule has 0 saturated carbocycles. The van der Waals surface area contributed by atoms with E-state index in [9.17, 15) is 8.42 Å². The Morgan fingerprint density at radius 3 is 2.67 bits per heavy atom. The van der Waals surface area contributed by atoms with Crippen molar-refractivity contribution in [2.24, 2.45) is 5.14 Å². The zero-order valence-electron chi connectivity index (χ0n) is 16.8. The fraction of sp³-hybridized carbons (Fsp3) is 0.300. The molecule has 0 atom stereocenters. The number of aromatic nitrogens is 2. The second-order valence-corrected chi connectivity index (χ2v) is 8.39. The minimum atomic E-state index is -3.74. The number of methoxy groups -OCH3 is 2. The number of fused-ring (bicyclic) bond motifs is 2. The lowest BCUT2D eigenvalue weighted by atomic mass is 9.94. The van der Waals surface area contributed by atoms with Crippen LogP contribution in [0.25, 0.3) is 10.9 Å². The molecule has 1 aromatic heterocycles. The lowest BCUT2D eigenvalue weighted by Gasteiger charge is -2.31. The molecule has 1 aliphatic heterocycles. The average Bonchev–Trinajstić information content (AvgIpc) is 2.75. The largest absolute Gasteiger partial charge is 0.493 e. The van der Waals surface area contributed by atoms with Gasteiger partial charge in [0.25, 0.3) is 10.2 Å². The summed E-state index contributed by atoms with van der Waals surface area (Å²) < 4.78 is 35.7. The number of anilines is 1. The number of hydrogen-bond acceptors (Lipinski definition) is 7. The molecule has 2 heterocycles. The van der Waals surface area contributed by atoms with Crippen LogP contribution in [0.1, 0.15) is 16.7 Å². The van der Waals surface area contributed by atoms with Crippen LogP contribution in [0.4, 0.5) is 5.82 Å². The van der Waals surface area contributed by atoms with Crippen LogP contribution in [0.3, 0.4) is 0 Å². The number of nitrogens with two attached hydrogens (primary N) is 1. The van der Waals surface area contributed by atoms with Crippen molar-refractivity contribution < 1.29 is 17.9 Å². The Labute approximate surface area is 175 Å². The maximum Gasteiger partial charge on any atom is 0.274 e. The van der Waals surface area contributed by atoms with Crippen molar-refractivity contribution in [3.8, 4) is 11.5 Å². The molecule has 10 heteroatoms. The van der Waals surface area contributed by atoms with Gasteiger partial charge in [-0.2, -0.15) is 13.1 Å². The molecule has 3 aromatic rings. The predicted molar refractivity (Wildman–Crippen MR) is 114 cm³/mol. The Morgan fingerprint density at radius 1 is 1.17 bits per heavy atom. The third kappa shape index (κ3) is 4.02. The van der Waals surface area contributed by atoms with E-state index < -0.39 is 10.2 Å². The van der Waals surface area contributed by atoms with E-state index in [1.165, 1.54) is 0 Å². The molecule has 4 rings (SSSR count). The summed E-state index contributed by atoms with van der Waals surface area (Å²) in [5.74, 6) is 2.06. The van der Waals surface area contributed by atoms with Crippen molar-refractivity contribution in [3.63, 3.8) is 0 Å². The molecular formula is C20H23N5O4S. The molecule has 1 aliphatic rings. The minimum absolute atomic E-state index is 0.176. The van der Waals surface area contributed by atoms with Gasteiger partial charge in [0.05, 0.1) is 19.7 Å². The second kappa shape index (κ2) is 8.05. The lowest BCUT2D eigenvalue weighted by Crippen LogP contribution is -2.34. The van der Waals surface area contributed by atoms with E-state index in [4.69, 9.17) is 14.6 Å². The highest BCUT2D eigenvalue weighted by Gasteiger charge is 2.22.